The van der Waals surface area contributed by atoms with Crippen molar-refractivity contribution < 1.29 is 4.11 Å². The fourth-order valence-electron chi connectivity index (χ4n) is 13.1. The molecule has 0 aromatic heterocycles. The van der Waals surface area contributed by atoms with Crippen LogP contribution in [-0.2, 0) is 27.1 Å². The summed E-state index contributed by atoms with van der Waals surface area (Å²) in [6, 6.07) is 62.3. The Morgan fingerprint density at radius 3 is 1.58 bits per heavy atom. The van der Waals surface area contributed by atoms with Crippen LogP contribution in [0.4, 0.5) is 51.2 Å². The monoisotopic (exact) mass is 957 g/mol. The zero-order valence-electron chi connectivity index (χ0n) is 47.9. The minimum absolute atomic E-state index is 0.0297. The Hall–Kier alpha value is -6.78. The number of hydrogen-bond donors (Lipinski definition) is 0. The van der Waals surface area contributed by atoms with Crippen molar-refractivity contribution in [2.24, 2.45) is 0 Å². The lowest BCUT2D eigenvalue weighted by molar-refractivity contribution is 0.332. The van der Waals surface area contributed by atoms with Crippen LogP contribution in [0.1, 0.15) is 139 Å². The summed E-state index contributed by atoms with van der Waals surface area (Å²) in [6.45, 7) is 23.5. The van der Waals surface area contributed by atoms with Gasteiger partial charge in [0.05, 0.1) is 5.69 Å². The number of rotatable bonds is 6. The fourth-order valence-corrected chi connectivity index (χ4v) is 13.1. The molecule has 2 heterocycles. The predicted octanol–water partition coefficient (Wildman–Crippen LogP) is 17.2. The molecule has 2 aliphatic carbocycles. The van der Waals surface area contributed by atoms with Gasteiger partial charge in [0.2, 0.25) is 0 Å². The second-order valence-corrected chi connectivity index (χ2v) is 25.4. The van der Waals surface area contributed by atoms with Crippen molar-refractivity contribution in [1.82, 2.24) is 0 Å². The van der Waals surface area contributed by atoms with Crippen LogP contribution in [0.25, 0.3) is 11.1 Å². The smallest absolute Gasteiger partial charge is 0.252 e. The average Bonchev–Trinajstić information content (AvgIpc) is 3.46. The highest BCUT2D eigenvalue weighted by molar-refractivity contribution is 7.00. The van der Waals surface area contributed by atoms with Crippen molar-refractivity contribution in [1.29, 1.82) is 0 Å². The fraction of sp³-hybridized carbons (Fsp3) is 0.304. The number of fused-ring (bicyclic) bond motifs is 6. The van der Waals surface area contributed by atoms with Crippen molar-refractivity contribution in [3.63, 3.8) is 0 Å². The first-order chi connectivity index (χ1) is 35.9. The molecular formula is C69H72BN3. The number of para-hydroxylation sites is 2. The van der Waals surface area contributed by atoms with Crippen molar-refractivity contribution in [2.45, 2.75) is 136 Å². The molecule has 0 saturated heterocycles. The van der Waals surface area contributed by atoms with Gasteiger partial charge in [0.15, 0.2) is 0 Å². The molecule has 0 fully saturated rings. The van der Waals surface area contributed by atoms with E-state index in [0.717, 1.165) is 93.5 Å². The van der Waals surface area contributed by atoms with E-state index in [0.29, 0.717) is 5.56 Å². The Balaban J connectivity index is 1.23. The molecule has 0 saturated carbocycles. The van der Waals surface area contributed by atoms with Crippen LogP contribution in [0, 0.1) is 6.85 Å². The van der Waals surface area contributed by atoms with Gasteiger partial charge in [0.1, 0.15) is 0 Å². The lowest BCUT2D eigenvalue weighted by Crippen LogP contribution is -2.62. The largest absolute Gasteiger partial charge is 0.311 e. The molecule has 0 bridgehead atoms. The second kappa shape index (κ2) is 16.6. The third kappa shape index (κ3) is 7.68. The van der Waals surface area contributed by atoms with Crippen molar-refractivity contribution in [2.75, 3.05) is 14.7 Å². The summed E-state index contributed by atoms with van der Waals surface area (Å²) in [6.07, 6.45) is 4.39. The van der Waals surface area contributed by atoms with Gasteiger partial charge in [-0.1, -0.05) is 167 Å². The molecule has 4 aliphatic rings. The SMILES string of the molecule is [2H]C([2H])([2H])c1cc2c3c(c1)N(c1ccc(C(C)(C)C)cc1-c1ccccc1)c1cc(N(c4ccccc4)c4ccccc4)ccc1B3c1cc3c(cc1N2c1ccc2c(c1)C(C)(C)CCC2(C)C)C(C)(C)CCC3(C)C. The summed E-state index contributed by atoms with van der Waals surface area (Å²) in [7, 11) is 0. The van der Waals surface area contributed by atoms with Gasteiger partial charge < -0.3 is 14.7 Å². The number of aryl methyl sites for hydroxylation is 1. The van der Waals surface area contributed by atoms with Gasteiger partial charge in [0.25, 0.3) is 6.71 Å². The maximum Gasteiger partial charge on any atom is 0.252 e. The summed E-state index contributed by atoms with van der Waals surface area (Å²) in [5.74, 6) is 0. The number of hydrogen-bond acceptors (Lipinski definition) is 3. The molecule has 0 spiro atoms. The molecule has 4 heteroatoms. The lowest BCUT2D eigenvalue weighted by Gasteiger charge is -2.48. The topological polar surface area (TPSA) is 9.72 Å². The van der Waals surface area contributed by atoms with Crippen LogP contribution in [0.2, 0.25) is 0 Å². The molecule has 12 rings (SSSR count). The van der Waals surface area contributed by atoms with E-state index in [9.17, 15) is 4.11 Å². The van der Waals surface area contributed by atoms with E-state index in [1.807, 2.05) is 12.1 Å². The van der Waals surface area contributed by atoms with Gasteiger partial charge in [-0.25, -0.2) is 0 Å². The van der Waals surface area contributed by atoms with Crippen LogP contribution >= 0.6 is 0 Å². The Morgan fingerprint density at radius 2 is 0.986 bits per heavy atom. The van der Waals surface area contributed by atoms with Crippen LogP contribution in [0.15, 0.2) is 170 Å². The number of anilines is 9. The van der Waals surface area contributed by atoms with E-state index in [2.05, 4.69) is 249 Å². The highest BCUT2D eigenvalue weighted by atomic mass is 15.2. The maximum absolute atomic E-state index is 9.35. The summed E-state index contributed by atoms with van der Waals surface area (Å²) in [5.41, 5.74) is 21.7. The summed E-state index contributed by atoms with van der Waals surface area (Å²) in [5, 5.41) is 0. The Labute approximate surface area is 441 Å². The quantitative estimate of drug-likeness (QED) is 0.154. The van der Waals surface area contributed by atoms with Crippen LogP contribution < -0.4 is 31.1 Å². The van der Waals surface area contributed by atoms with E-state index in [1.165, 1.54) is 38.7 Å². The molecular weight excluding hydrogens is 882 g/mol. The summed E-state index contributed by atoms with van der Waals surface area (Å²) < 4.78 is 28.0. The van der Waals surface area contributed by atoms with E-state index in [4.69, 9.17) is 0 Å². The zero-order valence-corrected chi connectivity index (χ0v) is 44.9. The third-order valence-corrected chi connectivity index (χ3v) is 17.6. The van der Waals surface area contributed by atoms with Gasteiger partial charge in [-0.3, -0.25) is 0 Å². The normalized spacial score (nSPS) is 18.2. The molecule has 0 radical (unpaired) electrons. The highest BCUT2D eigenvalue weighted by Crippen LogP contribution is 2.54. The zero-order chi connectivity index (χ0) is 53.5. The number of benzene rings is 8. The van der Waals surface area contributed by atoms with Crippen molar-refractivity contribution >= 4 is 74.3 Å². The average molecular weight is 957 g/mol. The lowest BCUT2D eigenvalue weighted by atomic mass is 9.33. The van der Waals surface area contributed by atoms with Gasteiger partial charge in [-0.15, -0.1) is 0 Å². The van der Waals surface area contributed by atoms with E-state index in [-0.39, 0.29) is 33.8 Å². The molecule has 0 atom stereocenters. The second-order valence-electron chi connectivity index (χ2n) is 25.4. The molecule has 2 aliphatic heterocycles. The van der Waals surface area contributed by atoms with Crippen LogP contribution in [-0.4, -0.2) is 6.71 Å². The molecule has 0 amide bonds. The highest BCUT2D eigenvalue weighted by Gasteiger charge is 2.48. The van der Waals surface area contributed by atoms with Crippen molar-refractivity contribution in [3.05, 3.63) is 203 Å². The molecule has 8 aromatic rings. The van der Waals surface area contributed by atoms with E-state index in [1.54, 1.807) is 0 Å². The van der Waals surface area contributed by atoms with Gasteiger partial charge >= 0.3 is 0 Å². The Kier molecular flexibility index (Phi) is 9.97. The summed E-state index contributed by atoms with van der Waals surface area (Å²) >= 11 is 0. The minimum Gasteiger partial charge on any atom is -0.311 e. The molecule has 3 nitrogen and oxygen atoms in total. The third-order valence-electron chi connectivity index (χ3n) is 17.6. The number of nitrogens with zero attached hydrogens (tertiary/aromatic N) is 3. The Bertz CT molecular complexity index is 3550. The summed E-state index contributed by atoms with van der Waals surface area (Å²) in [4.78, 5) is 7.25. The molecule has 8 aromatic carbocycles. The molecule has 73 heavy (non-hydrogen) atoms. The van der Waals surface area contributed by atoms with E-state index < -0.39 is 6.85 Å². The van der Waals surface area contributed by atoms with Crippen LogP contribution in [0.5, 0.6) is 0 Å². The van der Waals surface area contributed by atoms with Crippen molar-refractivity contribution in [3.8, 4) is 11.1 Å². The maximum atomic E-state index is 9.35. The first-order valence-electron chi connectivity index (χ1n) is 28.3. The predicted molar refractivity (Wildman–Crippen MR) is 315 cm³/mol. The van der Waals surface area contributed by atoms with Gasteiger partial charge in [-0.05, 0) is 194 Å². The van der Waals surface area contributed by atoms with Gasteiger partial charge in [-0.2, -0.15) is 0 Å². The standard InChI is InChI=1S/C69H72BN3/c1-45-38-62-64-63(39-45)73(59-33-28-47(65(2,3)4)40-52(59)46-22-16-13-17-23-46)60-42-51(71(48-24-18-14-19-25-48)49-26-20-15-21-27-49)30-32-57(60)70(64)58-43-55-56(69(11,12)37-36-68(55,9)10)44-61(58)72(62)50-29-31-53-54(41-50)67(7,8)35-34-66(53,5)6/h13-33,38-44H,34-37H2,1-12H3/i1D3. The van der Waals surface area contributed by atoms with Gasteiger partial charge in [0, 0.05) is 55.2 Å². The first kappa shape index (κ1) is 43.8. The molecule has 0 N–H and O–H groups in total. The Morgan fingerprint density at radius 1 is 0.452 bits per heavy atom. The van der Waals surface area contributed by atoms with Crippen LogP contribution in [0.3, 0.4) is 0 Å². The minimum atomic E-state index is -2.42. The molecule has 0 unspecified atom stereocenters. The first-order valence-corrected chi connectivity index (χ1v) is 26.8. The van der Waals surface area contributed by atoms with E-state index >= 15 is 0 Å². The molecule has 366 valence electrons.